The number of aliphatic hydroxyl groups is 1. The van der Waals surface area contributed by atoms with E-state index in [0.717, 1.165) is 31.8 Å². The van der Waals surface area contributed by atoms with Crippen molar-refractivity contribution in [2.75, 3.05) is 13.1 Å². The first-order valence-electron chi connectivity index (χ1n) is 7.63. The highest BCUT2D eigenvalue weighted by molar-refractivity contribution is 4.97. The van der Waals surface area contributed by atoms with E-state index in [2.05, 4.69) is 19.2 Å². The number of nitrogens with one attached hydrogen (secondary N) is 1. The summed E-state index contributed by atoms with van der Waals surface area (Å²) in [6, 6.07) is 0. The van der Waals surface area contributed by atoms with Gasteiger partial charge in [-0.05, 0) is 44.1 Å². The van der Waals surface area contributed by atoms with Crippen LogP contribution in [0, 0.1) is 17.8 Å². The van der Waals surface area contributed by atoms with Gasteiger partial charge in [-0.25, -0.2) is 0 Å². The van der Waals surface area contributed by atoms with Crippen LogP contribution >= 0.6 is 0 Å². The van der Waals surface area contributed by atoms with Gasteiger partial charge in [0.2, 0.25) is 0 Å². The topological polar surface area (TPSA) is 32.3 Å². The molecule has 2 atom stereocenters. The number of rotatable bonds is 3. The average molecular weight is 239 g/mol. The van der Waals surface area contributed by atoms with Crippen LogP contribution in [0.2, 0.25) is 0 Å². The molecule has 2 heteroatoms. The maximum atomic E-state index is 11.1. The van der Waals surface area contributed by atoms with Gasteiger partial charge in [0.15, 0.2) is 0 Å². The van der Waals surface area contributed by atoms with Gasteiger partial charge in [0, 0.05) is 12.5 Å². The van der Waals surface area contributed by atoms with Gasteiger partial charge in [-0.15, -0.1) is 0 Å². The summed E-state index contributed by atoms with van der Waals surface area (Å²) in [6.07, 6.45) is 8.59. The predicted molar refractivity (Wildman–Crippen MR) is 72.0 cm³/mol. The summed E-state index contributed by atoms with van der Waals surface area (Å²) in [5.74, 6) is 1.97. The van der Waals surface area contributed by atoms with Crippen LogP contribution in [0.4, 0.5) is 0 Å². The standard InChI is InChI=1S/C15H29NO/c1-3-12-5-7-14(8-6-12)15(17)9-10-16-11-13(15)4-2/h12-14,16-17H,3-11H2,1-2H3. The molecule has 0 aromatic heterocycles. The molecule has 2 unspecified atom stereocenters. The van der Waals surface area contributed by atoms with Crippen LogP contribution in [-0.2, 0) is 0 Å². The van der Waals surface area contributed by atoms with Gasteiger partial charge in [-0.3, -0.25) is 0 Å². The first kappa shape index (κ1) is 13.4. The molecule has 2 rings (SSSR count). The highest BCUT2D eigenvalue weighted by Gasteiger charge is 2.44. The molecule has 0 aromatic rings. The fraction of sp³-hybridized carbons (Fsp3) is 1.00. The van der Waals surface area contributed by atoms with Gasteiger partial charge in [-0.1, -0.05) is 33.1 Å². The summed E-state index contributed by atoms with van der Waals surface area (Å²) >= 11 is 0. The molecular weight excluding hydrogens is 210 g/mol. The molecule has 1 saturated carbocycles. The molecule has 1 saturated heterocycles. The zero-order chi connectivity index (χ0) is 12.3. The average Bonchev–Trinajstić information content (AvgIpc) is 2.39. The summed E-state index contributed by atoms with van der Waals surface area (Å²) in [5, 5.41) is 14.5. The van der Waals surface area contributed by atoms with Gasteiger partial charge in [-0.2, -0.15) is 0 Å². The number of hydrogen-bond acceptors (Lipinski definition) is 2. The van der Waals surface area contributed by atoms with E-state index in [4.69, 9.17) is 0 Å². The Morgan fingerprint density at radius 1 is 1.12 bits per heavy atom. The van der Waals surface area contributed by atoms with Crippen molar-refractivity contribution in [1.29, 1.82) is 0 Å². The van der Waals surface area contributed by atoms with Crippen molar-refractivity contribution in [1.82, 2.24) is 5.32 Å². The molecule has 0 bridgehead atoms. The van der Waals surface area contributed by atoms with Crippen molar-refractivity contribution in [3.05, 3.63) is 0 Å². The van der Waals surface area contributed by atoms with E-state index in [-0.39, 0.29) is 5.60 Å². The van der Waals surface area contributed by atoms with Gasteiger partial charge < -0.3 is 10.4 Å². The second kappa shape index (κ2) is 5.71. The smallest absolute Gasteiger partial charge is 0.0727 e. The highest BCUT2D eigenvalue weighted by Crippen LogP contribution is 2.43. The van der Waals surface area contributed by atoms with Gasteiger partial charge >= 0.3 is 0 Å². The minimum atomic E-state index is -0.362. The SMILES string of the molecule is CCC1CCC(C2(O)CCNCC2CC)CC1. The highest BCUT2D eigenvalue weighted by atomic mass is 16.3. The lowest BCUT2D eigenvalue weighted by Crippen LogP contribution is -2.55. The summed E-state index contributed by atoms with van der Waals surface area (Å²) in [7, 11) is 0. The Morgan fingerprint density at radius 2 is 1.82 bits per heavy atom. The minimum absolute atomic E-state index is 0.362. The second-order valence-electron chi connectivity index (χ2n) is 6.18. The van der Waals surface area contributed by atoms with E-state index in [1.165, 1.54) is 32.1 Å². The summed E-state index contributed by atoms with van der Waals surface area (Å²) in [4.78, 5) is 0. The number of piperidine rings is 1. The lowest BCUT2D eigenvalue weighted by molar-refractivity contribution is -0.103. The van der Waals surface area contributed by atoms with Crippen LogP contribution in [-0.4, -0.2) is 23.8 Å². The molecule has 2 N–H and O–H groups in total. The van der Waals surface area contributed by atoms with Crippen LogP contribution in [0.15, 0.2) is 0 Å². The van der Waals surface area contributed by atoms with Crippen LogP contribution in [0.5, 0.6) is 0 Å². The van der Waals surface area contributed by atoms with Crippen molar-refractivity contribution in [3.8, 4) is 0 Å². The van der Waals surface area contributed by atoms with Crippen molar-refractivity contribution >= 4 is 0 Å². The Hall–Kier alpha value is -0.0800. The molecule has 2 fully saturated rings. The fourth-order valence-corrected chi connectivity index (χ4v) is 4.05. The molecule has 0 radical (unpaired) electrons. The molecule has 1 aliphatic carbocycles. The Balaban J connectivity index is 1.99. The van der Waals surface area contributed by atoms with Crippen molar-refractivity contribution < 1.29 is 5.11 Å². The van der Waals surface area contributed by atoms with Crippen LogP contribution in [0.25, 0.3) is 0 Å². The van der Waals surface area contributed by atoms with Crippen molar-refractivity contribution in [2.24, 2.45) is 17.8 Å². The van der Waals surface area contributed by atoms with Gasteiger partial charge in [0.25, 0.3) is 0 Å². The zero-order valence-corrected chi connectivity index (χ0v) is 11.5. The molecule has 1 heterocycles. The maximum absolute atomic E-state index is 11.1. The van der Waals surface area contributed by atoms with Crippen molar-refractivity contribution in [2.45, 2.75) is 64.4 Å². The second-order valence-corrected chi connectivity index (χ2v) is 6.18. The summed E-state index contributed by atoms with van der Waals surface area (Å²) in [5.41, 5.74) is -0.362. The van der Waals surface area contributed by atoms with E-state index in [1.807, 2.05) is 0 Å². The lowest BCUT2D eigenvalue weighted by Gasteiger charge is -2.47. The lowest BCUT2D eigenvalue weighted by atomic mass is 9.65. The molecule has 0 spiro atoms. The van der Waals surface area contributed by atoms with E-state index in [0.29, 0.717) is 11.8 Å². The summed E-state index contributed by atoms with van der Waals surface area (Å²) in [6.45, 7) is 6.54. The van der Waals surface area contributed by atoms with Crippen molar-refractivity contribution in [3.63, 3.8) is 0 Å². The first-order chi connectivity index (χ1) is 8.20. The third kappa shape index (κ3) is 2.68. The van der Waals surface area contributed by atoms with E-state index in [9.17, 15) is 5.11 Å². The Labute approximate surface area is 106 Å². The fourth-order valence-electron chi connectivity index (χ4n) is 4.05. The number of hydrogen-bond donors (Lipinski definition) is 2. The van der Waals surface area contributed by atoms with Gasteiger partial charge in [0.1, 0.15) is 0 Å². The molecule has 0 amide bonds. The molecule has 2 aliphatic rings. The molecule has 2 nitrogen and oxygen atoms in total. The molecule has 0 aromatic carbocycles. The molecule has 100 valence electrons. The Morgan fingerprint density at radius 3 is 2.41 bits per heavy atom. The normalized spacial score (nSPS) is 43.6. The monoisotopic (exact) mass is 239 g/mol. The molecular formula is C15H29NO. The van der Waals surface area contributed by atoms with Gasteiger partial charge in [0.05, 0.1) is 5.60 Å². The maximum Gasteiger partial charge on any atom is 0.0727 e. The van der Waals surface area contributed by atoms with E-state index >= 15 is 0 Å². The third-order valence-corrected chi connectivity index (χ3v) is 5.42. The summed E-state index contributed by atoms with van der Waals surface area (Å²) < 4.78 is 0. The first-order valence-corrected chi connectivity index (χ1v) is 7.63. The minimum Gasteiger partial charge on any atom is -0.389 e. The van der Waals surface area contributed by atoms with E-state index in [1.54, 1.807) is 0 Å². The quantitative estimate of drug-likeness (QED) is 0.793. The Kier molecular flexibility index (Phi) is 4.48. The van der Waals surface area contributed by atoms with E-state index < -0.39 is 0 Å². The largest absolute Gasteiger partial charge is 0.389 e. The third-order valence-electron chi connectivity index (χ3n) is 5.42. The van der Waals surface area contributed by atoms with Crippen LogP contribution < -0.4 is 5.32 Å². The zero-order valence-electron chi connectivity index (χ0n) is 11.5. The molecule has 17 heavy (non-hydrogen) atoms. The molecule has 1 aliphatic heterocycles. The predicted octanol–water partition coefficient (Wildman–Crippen LogP) is 2.95. The van der Waals surface area contributed by atoms with Crippen LogP contribution in [0.1, 0.15) is 58.8 Å². The Bertz CT molecular complexity index is 235. The van der Waals surface area contributed by atoms with Crippen LogP contribution in [0.3, 0.4) is 0 Å².